The Kier molecular flexibility index (Phi) is 7.18. The van der Waals surface area contributed by atoms with E-state index >= 15 is 0 Å². The topological polar surface area (TPSA) is 41.6 Å². The third kappa shape index (κ3) is 5.75. The molecule has 1 saturated heterocycles. The van der Waals surface area contributed by atoms with Gasteiger partial charge in [-0.1, -0.05) is 38.1 Å². The van der Waals surface area contributed by atoms with E-state index in [2.05, 4.69) is 60.5 Å². The maximum Gasteiger partial charge on any atom is 0.258 e. The van der Waals surface area contributed by atoms with Crippen molar-refractivity contribution in [1.82, 2.24) is 5.32 Å². The Morgan fingerprint density at radius 3 is 2.38 bits per heavy atom. The summed E-state index contributed by atoms with van der Waals surface area (Å²) in [4.78, 5) is 14.9. The van der Waals surface area contributed by atoms with E-state index in [9.17, 15) is 4.79 Å². The quantitative estimate of drug-likeness (QED) is 0.687. The third-order valence-corrected chi connectivity index (χ3v) is 5.64. The number of piperidine rings is 1. The molecular formula is C25H34N2O2. The molecule has 0 aromatic heterocycles. The van der Waals surface area contributed by atoms with Gasteiger partial charge in [0.25, 0.3) is 5.91 Å². The maximum absolute atomic E-state index is 12.4. The lowest BCUT2D eigenvalue weighted by atomic mass is 10.0. The number of nitrogens with one attached hydrogen (secondary N) is 1. The Morgan fingerprint density at radius 1 is 1.03 bits per heavy atom. The summed E-state index contributed by atoms with van der Waals surface area (Å²) in [5.41, 5.74) is 4.64. The number of benzene rings is 2. The molecule has 4 heteroatoms. The van der Waals surface area contributed by atoms with Crippen LogP contribution in [-0.4, -0.2) is 25.6 Å². The van der Waals surface area contributed by atoms with Crippen LogP contribution in [0.2, 0.25) is 0 Å². The number of anilines is 1. The van der Waals surface area contributed by atoms with Gasteiger partial charge in [-0.25, -0.2) is 0 Å². The minimum Gasteiger partial charge on any atom is -0.483 e. The first-order chi connectivity index (χ1) is 13.9. The standard InChI is InChI=1S/C25H34N2O2/c1-18(2)23-13-8-19(3)16-24(23)29-17-25(28)26-20(4)21-9-11-22(12-10-21)27-14-6-5-7-15-27/h8-13,16,18,20H,5-7,14-15,17H2,1-4H3,(H,26,28). The molecule has 0 bridgehead atoms. The summed E-state index contributed by atoms with van der Waals surface area (Å²) in [6.45, 7) is 10.6. The number of amides is 1. The van der Waals surface area contributed by atoms with Crippen LogP contribution in [0.25, 0.3) is 0 Å². The Hall–Kier alpha value is -2.49. The van der Waals surface area contributed by atoms with Crippen molar-refractivity contribution in [2.24, 2.45) is 0 Å². The van der Waals surface area contributed by atoms with E-state index < -0.39 is 0 Å². The Labute approximate surface area is 175 Å². The van der Waals surface area contributed by atoms with Crippen molar-refractivity contribution in [1.29, 1.82) is 0 Å². The molecule has 0 radical (unpaired) electrons. The number of ether oxygens (including phenoxy) is 1. The van der Waals surface area contributed by atoms with Crippen LogP contribution in [0.15, 0.2) is 42.5 Å². The van der Waals surface area contributed by atoms with Crippen LogP contribution in [0.3, 0.4) is 0 Å². The first-order valence-corrected chi connectivity index (χ1v) is 10.8. The second kappa shape index (κ2) is 9.82. The Morgan fingerprint density at radius 2 is 1.72 bits per heavy atom. The second-order valence-corrected chi connectivity index (χ2v) is 8.41. The maximum atomic E-state index is 12.4. The molecule has 1 unspecified atom stereocenters. The predicted molar refractivity (Wildman–Crippen MR) is 120 cm³/mol. The lowest BCUT2D eigenvalue weighted by Gasteiger charge is -2.29. The lowest BCUT2D eigenvalue weighted by Crippen LogP contribution is -2.31. The minimum absolute atomic E-state index is 0.0272. The number of nitrogens with zero attached hydrogens (tertiary/aromatic N) is 1. The lowest BCUT2D eigenvalue weighted by molar-refractivity contribution is -0.123. The first-order valence-electron chi connectivity index (χ1n) is 10.8. The molecule has 4 nitrogen and oxygen atoms in total. The van der Waals surface area contributed by atoms with Crippen LogP contribution < -0.4 is 15.0 Å². The Bertz CT molecular complexity index is 808. The van der Waals surface area contributed by atoms with E-state index in [0.29, 0.717) is 5.92 Å². The normalized spacial score (nSPS) is 15.3. The summed E-state index contributed by atoms with van der Waals surface area (Å²) in [7, 11) is 0. The zero-order valence-corrected chi connectivity index (χ0v) is 18.2. The van der Waals surface area contributed by atoms with E-state index in [1.54, 1.807) is 0 Å². The van der Waals surface area contributed by atoms with Crippen molar-refractivity contribution in [2.45, 2.75) is 58.9 Å². The zero-order valence-electron chi connectivity index (χ0n) is 18.2. The molecule has 2 aromatic rings. The van der Waals surface area contributed by atoms with E-state index in [1.165, 1.54) is 24.9 Å². The number of aryl methyl sites for hydroxylation is 1. The first kappa shape index (κ1) is 21.2. The number of rotatable bonds is 7. The van der Waals surface area contributed by atoms with Gasteiger partial charge in [0.1, 0.15) is 5.75 Å². The van der Waals surface area contributed by atoms with E-state index in [1.807, 2.05) is 19.9 Å². The van der Waals surface area contributed by atoms with Crippen molar-refractivity contribution >= 4 is 11.6 Å². The van der Waals surface area contributed by atoms with Gasteiger partial charge in [-0.2, -0.15) is 0 Å². The molecular weight excluding hydrogens is 360 g/mol. The summed E-state index contributed by atoms with van der Waals surface area (Å²) in [6, 6.07) is 14.7. The molecule has 0 aliphatic carbocycles. The van der Waals surface area contributed by atoms with Crippen LogP contribution in [0.5, 0.6) is 5.75 Å². The van der Waals surface area contributed by atoms with E-state index in [-0.39, 0.29) is 18.6 Å². The molecule has 0 saturated carbocycles. The molecule has 0 spiro atoms. The van der Waals surface area contributed by atoms with Crippen molar-refractivity contribution in [3.8, 4) is 5.75 Å². The molecule has 1 amide bonds. The predicted octanol–water partition coefficient (Wildman–Crippen LogP) is 5.36. The SMILES string of the molecule is Cc1ccc(C(C)C)c(OCC(=O)NC(C)c2ccc(N3CCCCC3)cc2)c1. The van der Waals surface area contributed by atoms with Crippen molar-refractivity contribution in [3.63, 3.8) is 0 Å². The molecule has 29 heavy (non-hydrogen) atoms. The number of hydrogen-bond acceptors (Lipinski definition) is 3. The summed E-state index contributed by atoms with van der Waals surface area (Å²) in [5.74, 6) is 1.05. The van der Waals surface area contributed by atoms with Crippen molar-refractivity contribution in [2.75, 3.05) is 24.6 Å². The van der Waals surface area contributed by atoms with Gasteiger partial charge < -0.3 is 15.0 Å². The van der Waals surface area contributed by atoms with Crippen molar-refractivity contribution in [3.05, 3.63) is 59.2 Å². The molecule has 1 heterocycles. The van der Waals surface area contributed by atoms with Gasteiger partial charge in [-0.05, 0) is 73.9 Å². The molecule has 1 aliphatic heterocycles. The number of hydrogen-bond donors (Lipinski definition) is 1. The van der Waals surface area contributed by atoms with Crippen LogP contribution in [-0.2, 0) is 4.79 Å². The summed E-state index contributed by atoms with van der Waals surface area (Å²) >= 11 is 0. The van der Waals surface area contributed by atoms with Gasteiger partial charge in [0, 0.05) is 18.8 Å². The van der Waals surface area contributed by atoms with Crippen LogP contribution in [0.1, 0.15) is 68.7 Å². The van der Waals surface area contributed by atoms with Crippen LogP contribution in [0, 0.1) is 6.92 Å². The minimum atomic E-state index is -0.103. The number of carbonyl (C=O) groups excluding carboxylic acids is 1. The molecule has 3 rings (SSSR count). The molecule has 1 fully saturated rings. The molecule has 1 N–H and O–H groups in total. The molecule has 2 aromatic carbocycles. The smallest absolute Gasteiger partial charge is 0.258 e. The van der Waals surface area contributed by atoms with Gasteiger partial charge in [-0.3, -0.25) is 4.79 Å². The highest BCUT2D eigenvalue weighted by Crippen LogP contribution is 2.27. The van der Waals surface area contributed by atoms with Gasteiger partial charge >= 0.3 is 0 Å². The molecule has 156 valence electrons. The monoisotopic (exact) mass is 394 g/mol. The molecule has 1 atom stereocenters. The zero-order chi connectivity index (χ0) is 20.8. The fourth-order valence-electron chi connectivity index (χ4n) is 3.88. The highest BCUT2D eigenvalue weighted by Gasteiger charge is 2.14. The average molecular weight is 395 g/mol. The highest BCUT2D eigenvalue weighted by atomic mass is 16.5. The van der Waals surface area contributed by atoms with E-state index in [0.717, 1.165) is 35.5 Å². The fourth-order valence-corrected chi connectivity index (χ4v) is 3.88. The highest BCUT2D eigenvalue weighted by molar-refractivity contribution is 5.78. The van der Waals surface area contributed by atoms with Crippen molar-refractivity contribution < 1.29 is 9.53 Å². The Balaban J connectivity index is 1.55. The number of carbonyl (C=O) groups is 1. The summed E-state index contributed by atoms with van der Waals surface area (Å²) in [5, 5.41) is 3.05. The second-order valence-electron chi connectivity index (χ2n) is 8.41. The van der Waals surface area contributed by atoms with Gasteiger partial charge in [0.15, 0.2) is 6.61 Å². The third-order valence-electron chi connectivity index (χ3n) is 5.64. The van der Waals surface area contributed by atoms with Gasteiger partial charge in [0.2, 0.25) is 0 Å². The van der Waals surface area contributed by atoms with Crippen LogP contribution in [0.4, 0.5) is 5.69 Å². The van der Waals surface area contributed by atoms with Gasteiger partial charge in [0.05, 0.1) is 6.04 Å². The molecule has 1 aliphatic rings. The summed E-state index contributed by atoms with van der Waals surface area (Å²) in [6.07, 6.45) is 3.88. The largest absolute Gasteiger partial charge is 0.483 e. The average Bonchev–Trinajstić information content (AvgIpc) is 2.73. The van der Waals surface area contributed by atoms with Gasteiger partial charge in [-0.15, -0.1) is 0 Å². The van der Waals surface area contributed by atoms with Crippen LogP contribution >= 0.6 is 0 Å². The fraction of sp³-hybridized carbons (Fsp3) is 0.480. The van der Waals surface area contributed by atoms with E-state index in [4.69, 9.17) is 4.74 Å². The summed E-state index contributed by atoms with van der Waals surface area (Å²) < 4.78 is 5.86.